The van der Waals surface area contributed by atoms with Crippen LogP contribution < -0.4 is 0 Å². The minimum Gasteiger partial charge on any atom is -0.338 e. The Labute approximate surface area is 148 Å². The van der Waals surface area contributed by atoms with Crippen molar-refractivity contribution in [3.63, 3.8) is 0 Å². The Bertz CT molecular complexity index is 742. The lowest BCUT2D eigenvalue weighted by molar-refractivity contribution is -0.139. The van der Waals surface area contributed by atoms with Gasteiger partial charge in [0.05, 0.1) is 4.90 Å². The van der Waals surface area contributed by atoms with Crippen LogP contribution in [0.4, 0.5) is 0 Å². The lowest BCUT2D eigenvalue weighted by Gasteiger charge is -2.36. The van der Waals surface area contributed by atoms with Crippen LogP contribution in [-0.4, -0.2) is 73.1 Å². The second kappa shape index (κ2) is 7.13. The van der Waals surface area contributed by atoms with Crippen LogP contribution in [0.5, 0.6) is 0 Å². The van der Waals surface area contributed by atoms with Crippen LogP contribution >= 0.6 is 0 Å². The predicted octanol–water partition coefficient (Wildman–Crippen LogP) is 0.530. The van der Waals surface area contributed by atoms with Crippen LogP contribution in [0.15, 0.2) is 35.2 Å². The van der Waals surface area contributed by atoms with E-state index in [0.717, 1.165) is 23.9 Å². The van der Waals surface area contributed by atoms with Gasteiger partial charge in [0.1, 0.15) is 6.04 Å². The Morgan fingerprint density at radius 2 is 1.76 bits per heavy atom. The molecule has 0 aliphatic carbocycles. The van der Waals surface area contributed by atoms with E-state index in [1.54, 1.807) is 23.1 Å². The highest BCUT2D eigenvalue weighted by Crippen LogP contribution is 2.28. The molecule has 0 saturated carbocycles. The van der Waals surface area contributed by atoms with Gasteiger partial charge in [-0.05, 0) is 25.1 Å². The maximum absolute atomic E-state index is 12.9. The van der Waals surface area contributed by atoms with Gasteiger partial charge in [0.2, 0.25) is 11.8 Å². The smallest absolute Gasteiger partial charge is 0.267 e. The van der Waals surface area contributed by atoms with Gasteiger partial charge < -0.3 is 9.80 Å². The van der Waals surface area contributed by atoms with Gasteiger partial charge in [-0.1, -0.05) is 25.1 Å². The molecule has 7 nitrogen and oxygen atoms in total. The molecule has 2 aliphatic rings. The molecular formula is C17H23N3O4S. The predicted molar refractivity (Wildman–Crippen MR) is 92.2 cm³/mol. The normalized spacial score (nSPS) is 22.4. The monoisotopic (exact) mass is 365 g/mol. The van der Waals surface area contributed by atoms with Crippen molar-refractivity contribution in [2.75, 3.05) is 32.7 Å². The van der Waals surface area contributed by atoms with E-state index in [-0.39, 0.29) is 23.6 Å². The zero-order valence-corrected chi connectivity index (χ0v) is 15.1. The number of sulfonamides is 1. The Morgan fingerprint density at radius 1 is 1.12 bits per heavy atom. The fourth-order valence-electron chi connectivity index (χ4n) is 3.39. The van der Waals surface area contributed by atoms with Gasteiger partial charge in [0.15, 0.2) is 0 Å². The van der Waals surface area contributed by atoms with Crippen molar-refractivity contribution in [3.8, 4) is 0 Å². The maximum atomic E-state index is 12.9. The highest BCUT2D eigenvalue weighted by atomic mass is 32.2. The van der Waals surface area contributed by atoms with Crippen LogP contribution in [0.3, 0.4) is 0 Å². The zero-order chi connectivity index (χ0) is 18.0. The number of rotatable bonds is 4. The lowest BCUT2D eigenvalue weighted by atomic mass is 10.2. The molecule has 25 heavy (non-hydrogen) atoms. The largest absolute Gasteiger partial charge is 0.338 e. The van der Waals surface area contributed by atoms with E-state index in [4.69, 9.17) is 0 Å². The molecule has 1 aromatic carbocycles. The number of nitrogens with zero attached hydrogens (tertiary/aromatic N) is 3. The number of carbonyl (C=O) groups excluding carboxylic acids is 2. The molecule has 3 rings (SSSR count). The van der Waals surface area contributed by atoms with E-state index in [9.17, 15) is 18.0 Å². The summed E-state index contributed by atoms with van der Waals surface area (Å²) >= 11 is 0. The van der Waals surface area contributed by atoms with Crippen LogP contribution in [0.25, 0.3) is 0 Å². The number of hydrogen-bond donors (Lipinski definition) is 0. The molecule has 8 heteroatoms. The van der Waals surface area contributed by atoms with Crippen LogP contribution in [0.1, 0.15) is 19.8 Å². The summed E-state index contributed by atoms with van der Waals surface area (Å²) in [6, 6.07) is 6.89. The highest BCUT2D eigenvalue weighted by molar-refractivity contribution is 7.89. The maximum Gasteiger partial charge on any atom is 0.267 e. The van der Waals surface area contributed by atoms with Gasteiger partial charge in [-0.15, -0.1) is 0 Å². The average molecular weight is 365 g/mol. The summed E-state index contributed by atoms with van der Waals surface area (Å²) in [5.74, 6) is -0.768. The quantitative estimate of drug-likeness (QED) is 0.778. The van der Waals surface area contributed by atoms with Crippen molar-refractivity contribution in [3.05, 3.63) is 30.3 Å². The first-order valence-corrected chi connectivity index (χ1v) is 10.0. The fraction of sp³-hybridized carbons (Fsp3) is 0.529. The Morgan fingerprint density at radius 3 is 2.36 bits per heavy atom. The van der Waals surface area contributed by atoms with Gasteiger partial charge in [0.25, 0.3) is 10.0 Å². The molecular weight excluding hydrogens is 342 g/mol. The molecule has 0 N–H and O–H groups in total. The number of hydrogen-bond acceptors (Lipinski definition) is 5. The summed E-state index contributed by atoms with van der Waals surface area (Å²) in [7, 11) is -4.01. The summed E-state index contributed by atoms with van der Waals surface area (Å²) in [6.45, 7) is 5.68. The molecule has 136 valence electrons. The Balaban J connectivity index is 1.82. The molecule has 2 fully saturated rings. The molecule has 2 saturated heterocycles. The number of amides is 2. The third-order valence-corrected chi connectivity index (χ3v) is 6.72. The summed E-state index contributed by atoms with van der Waals surface area (Å²) in [6.07, 6.45) is 0.328. The van der Waals surface area contributed by atoms with E-state index in [2.05, 4.69) is 11.8 Å². The first-order valence-electron chi connectivity index (χ1n) is 8.58. The molecule has 2 aliphatic heterocycles. The van der Waals surface area contributed by atoms with Crippen LogP contribution in [0.2, 0.25) is 0 Å². The Kier molecular flexibility index (Phi) is 5.10. The number of carbonyl (C=O) groups is 2. The van der Waals surface area contributed by atoms with Crippen LogP contribution in [0, 0.1) is 0 Å². The van der Waals surface area contributed by atoms with Crippen molar-refractivity contribution in [1.29, 1.82) is 0 Å². The minimum absolute atomic E-state index is 0.0406. The second-order valence-electron chi connectivity index (χ2n) is 6.32. The van der Waals surface area contributed by atoms with Crippen molar-refractivity contribution < 1.29 is 18.0 Å². The van der Waals surface area contributed by atoms with E-state index in [1.165, 1.54) is 12.1 Å². The third kappa shape index (κ3) is 3.41. The van der Waals surface area contributed by atoms with E-state index >= 15 is 0 Å². The molecule has 0 spiro atoms. The third-order valence-electron chi connectivity index (χ3n) is 4.88. The van der Waals surface area contributed by atoms with E-state index in [0.29, 0.717) is 13.1 Å². The number of piperazine rings is 1. The van der Waals surface area contributed by atoms with Crippen molar-refractivity contribution in [2.24, 2.45) is 0 Å². The minimum atomic E-state index is -4.01. The van der Waals surface area contributed by atoms with E-state index in [1.807, 2.05) is 0 Å². The van der Waals surface area contributed by atoms with Gasteiger partial charge in [0, 0.05) is 32.6 Å². The van der Waals surface area contributed by atoms with Gasteiger partial charge >= 0.3 is 0 Å². The molecule has 2 amide bonds. The second-order valence-corrected chi connectivity index (χ2v) is 8.14. The topological polar surface area (TPSA) is 78.0 Å². The molecule has 1 atom stereocenters. The molecule has 1 unspecified atom stereocenters. The highest BCUT2D eigenvalue weighted by Gasteiger charge is 2.45. The number of benzene rings is 1. The SMILES string of the molecule is CCN1CCN(C(=O)C2CCC(=O)N2S(=O)(=O)c2ccccc2)CC1. The summed E-state index contributed by atoms with van der Waals surface area (Å²) < 4.78 is 26.5. The number of likely N-dealkylation sites (N-methyl/N-ethyl adjacent to an activating group) is 1. The van der Waals surface area contributed by atoms with Crippen LogP contribution in [-0.2, 0) is 19.6 Å². The first kappa shape index (κ1) is 17.9. The molecule has 2 heterocycles. The molecule has 0 radical (unpaired) electrons. The standard InChI is InChI=1S/C17H23N3O4S/c1-2-18-10-12-19(13-11-18)17(22)15-8-9-16(21)20(15)25(23,24)14-6-4-3-5-7-14/h3-7,15H,2,8-13H2,1H3. The molecule has 1 aromatic rings. The zero-order valence-electron chi connectivity index (χ0n) is 14.3. The average Bonchev–Trinajstić information content (AvgIpc) is 3.04. The van der Waals surface area contributed by atoms with Gasteiger partial charge in [-0.2, -0.15) is 0 Å². The van der Waals surface area contributed by atoms with Gasteiger partial charge in [-0.25, -0.2) is 12.7 Å². The summed E-state index contributed by atoms with van der Waals surface area (Å²) in [4.78, 5) is 29.1. The van der Waals surface area contributed by atoms with Crippen molar-refractivity contribution in [1.82, 2.24) is 14.1 Å². The van der Waals surface area contributed by atoms with Crippen molar-refractivity contribution >= 4 is 21.8 Å². The molecule has 0 aromatic heterocycles. The lowest BCUT2D eigenvalue weighted by Crippen LogP contribution is -2.54. The molecule has 0 bridgehead atoms. The van der Waals surface area contributed by atoms with E-state index < -0.39 is 22.0 Å². The fourth-order valence-corrected chi connectivity index (χ4v) is 5.01. The Hall–Kier alpha value is -1.93. The van der Waals surface area contributed by atoms with Gasteiger partial charge in [-0.3, -0.25) is 9.59 Å². The summed E-state index contributed by atoms with van der Waals surface area (Å²) in [5, 5.41) is 0. The summed E-state index contributed by atoms with van der Waals surface area (Å²) in [5.41, 5.74) is 0. The van der Waals surface area contributed by atoms with Crippen molar-refractivity contribution in [2.45, 2.75) is 30.7 Å². The first-order chi connectivity index (χ1) is 11.9.